The van der Waals surface area contributed by atoms with Crippen molar-refractivity contribution in [3.63, 3.8) is 0 Å². The first-order chi connectivity index (χ1) is 14.3. The number of nitrogens with one attached hydrogen (secondary N) is 2. The molecule has 0 fully saturated rings. The molecule has 3 aromatic rings. The molecule has 1 aliphatic rings. The smallest absolute Gasteiger partial charge is 0.247 e. The van der Waals surface area contributed by atoms with Crippen molar-refractivity contribution < 1.29 is 4.79 Å². The molecule has 1 atom stereocenters. The lowest BCUT2D eigenvalue weighted by Crippen LogP contribution is -2.49. The quantitative estimate of drug-likeness (QED) is 0.599. The van der Waals surface area contributed by atoms with E-state index in [2.05, 4.69) is 30.7 Å². The summed E-state index contributed by atoms with van der Waals surface area (Å²) in [7, 11) is 1.90. The van der Waals surface area contributed by atoms with Crippen LogP contribution in [0.25, 0.3) is 0 Å². The van der Waals surface area contributed by atoms with Gasteiger partial charge in [-0.05, 0) is 12.8 Å². The second-order valence-electron chi connectivity index (χ2n) is 7.60. The SMILES string of the molecule is Cc1nc(NCc2cnn(Cc3cnc(Cl)s3)c2)nc2c1NC(=O)C(C(C)C)N2C. The highest BCUT2D eigenvalue weighted by Gasteiger charge is 2.35. The van der Waals surface area contributed by atoms with Crippen LogP contribution in [0.3, 0.4) is 0 Å². The molecule has 0 radical (unpaired) electrons. The number of thiazole rings is 1. The zero-order valence-electron chi connectivity index (χ0n) is 17.2. The minimum atomic E-state index is -0.266. The predicted molar refractivity (Wildman–Crippen MR) is 118 cm³/mol. The van der Waals surface area contributed by atoms with Crippen LogP contribution in [-0.4, -0.2) is 43.7 Å². The predicted octanol–water partition coefficient (Wildman–Crippen LogP) is 3.16. The number of hydrogen-bond donors (Lipinski definition) is 2. The van der Waals surface area contributed by atoms with E-state index >= 15 is 0 Å². The Morgan fingerprint density at radius 2 is 2.13 bits per heavy atom. The van der Waals surface area contributed by atoms with Crippen molar-refractivity contribution in [2.24, 2.45) is 5.92 Å². The van der Waals surface area contributed by atoms with E-state index in [9.17, 15) is 4.79 Å². The number of carbonyl (C=O) groups is 1. The number of nitrogens with zero attached hydrogens (tertiary/aromatic N) is 6. The molecule has 0 saturated carbocycles. The lowest BCUT2D eigenvalue weighted by atomic mass is 9.99. The number of rotatable bonds is 6. The van der Waals surface area contributed by atoms with E-state index in [0.717, 1.165) is 22.0 Å². The van der Waals surface area contributed by atoms with Gasteiger partial charge in [0.1, 0.15) is 11.7 Å². The van der Waals surface area contributed by atoms with Gasteiger partial charge < -0.3 is 15.5 Å². The lowest BCUT2D eigenvalue weighted by molar-refractivity contribution is -0.118. The zero-order valence-corrected chi connectivity index (χ0v) is 18.8. The van der Waals surface area contributed by atoms with Gasteiger partial charge in [-0.15, -0.1) is 11.3 Å². The minimum absolute atomic E-state index is 0.0259. The maximum atomic E-state index is 12.4. The fourth-order valence-electron chi connectivity index (χ4n) is 3.57. The topological polar surface area (TPSA) is 101 Å². The number of aromatic nitrogens is 5. The average Bonchev–Trinajstić information content (AvgIpc) is 3.30. The van der Waals surface area contributed by atoms with Crippen molar-refractivity contribution in [2.75, 3.05) is 22.6 Å². The van der Waals surface area contributed by atoms with Gasteiger partial charge in [0, 0.05) is 36.4 Å². The number of aryl methyl sites for hydroxylation is 1. The van der Waals surface area contributed by atoms with Crippen LogP contribution in [0.4, 0.5) is 17.5 Å². The van der Waals surface area contributed by atoms with Crippen LogP contribution < -0.4 is 15.5 Å². The third-order valence-corrected chi connectivity index (χ3v) is 6.05. The Labute approximate surface area is 183 Å². The summed E-state index contributed by atoms with van der Waals surface area (Å²) in [5.41, 5.74) is 2.40. The third-order valence-electron chi connectivity index (χ3n) is 4.95. The summed E-state index contributed by atoms with van der Waals surface area (Å²) in [6.45, 7) is 7.08. The van der Waals surface area contributed by atoms with E-state index < -0.39 is 0 Å². The second-order valence-corrected chi connectivity index (χ2v) is 9.30. The number of hydrogen-bond acceptors (Lipinski definition) is 8. The van der Waals surface area contributed by atoms with Crippen LogP contribution in [0.1, 0.15) is 30.0 Å². The molecule has 1 aliphatic heterocycles. The first-order valence-electron chi connectivity index (χ1n) is 9.59. The van der Waals surface area contributed by atoms with Crippen LogP contribution in [0.5, 0.6) is 0 Å². The molecule has 30 heavy (non-hydrogen) atoms. The molecule has 3 aromatic heterocycles. The van der Waals surface area contributed by atoms with E-state index in [1.807, 2.05) is 49.8 Å². The van der Waals surface area contributed by atoms with E-state index in [0.29, 0.717) is 29.2 Å². The Balaban J connectivity index is 1.47. The normalized spacial score (nSPS) is 16.0. The first kappa shape index (κ1) is 20.5. The molecule has 4 heterocycles. The van der Waals surface area contributed by atoms with Crippen LogP contribution in [0.2, 0.25) is 4.47 Å². The van der Waals surface area contributed by atoms with Crippen LogP contribution in [0.15, 0.2) is 18.6 Å². The molecule has 0 spiro atoms. The van der Waals surface area contributed by atoms with Gasteiger partial charge in [0.05, 0.1) is 18.4 Å². The van der Waals surface area contributed by atoms with Crippen LogP contribution in [0, 0.1) is 12.8 Å². The highest BCUT2D eigenvalue weighted by molar-refractivity contribution is 7.15. The van der Waals surface area contributed by atoms with Gasteiger partial charge in [-0.2, -0.15) is 10.1 Å². The maximum Gasteiger partial charge on any atom is 0.247 e. The second kappa shape index (κ2) is 8.19. The molecule has 2 N–H and O–H groups in total. The van der Waals surface area contributed by atoms with Gasteiger partial charge in [0.15, 0.2) is 10.3 Å². The highest BCUT2D eigenvalue weighted by atomic mass is 35.5. The minimum Gasteiger partial charge on any atom is -0.350 e. The summed E-state index contributed by atoms with van der Waals surface area (Å²) in [5.74, 6) is 1.37. The highest BCUT2D eigenvalue weighted by Crippen LogP contribution is 2.34. The fourth-order valence-corrected chi connectivity index (χ4v) is 4.54. The number of carbonyl (C=O) groups excluding carboxylic acids is 1. The summed E-state index contributed by atoms with van der Waals surface area (Å²) in [4.78, 5) is 28.6. The van der Waals surface area contributed by atoms with Crippen molar-refractivity contribution >= 4 is 46.3 Å². The van der Waals surface area contributed by atoms with E-state index in [-0.39, 0.29) is 17.9 Å². The van der Waals surface area contributed by atoms with Gasteiger partial charge >= 0.3 is 0 Å². The number of likely N-dealkylation sites (N-methyl/N-ethyl adjacent to an activating group) is 1. The molecule has 11 heteroatoms. The first-order valence-corrected chi connectivity index (χ1v) is 10.8. The average molecular weight is 447 g/mol. The van der Waals surface area contributed by atoms with Gasteiger partial charge in [-0.1, -0.05) is 25.4 Å². The summed E-state index contributed by atoms with van der Waals surface area (Å²) < 4.78 is 2.37. The lowest BCUT2D eigenvalue weighted by Gasteiger charge is -2.36. The summed E-state index contributed by atoms with van der Waals surface area (Å²) in [5, 5.41) is 10.6. The zero-order chi connectivity index (χ0) is 21.4. The van der Waals surface area contributed by atoms with E-state index in [1.54, 1.807) is 6.20 Å². The summed E-state index contributed by atoms with van der Waals surface area (Å²) in [6, 6.07) is -0.266. The van der Waals surface area contributed by atoms with E-state index in [4.69, 9.17) is 11.6 Å². The molecule has 0 bridgehead atoms. The molecule has 9 nitrogen and oxygen atoms in total. The van der Waals surface area contributed by atoms with Crippen LogP contribution >= 0.6 is 22.9 Å². The fraction of sp³-hybridized carbons (Fsp3) is 0.421. The van der Waals surface area contributed by atoms with Crippen molar-refractivity contribution in [3.05, 3.63) is 39.2 Å². The number of anilines is 3. The Hall–Kier alpha value is -2.72. The van der Waals surface area contributed by atoms with Crippen molar-refractivity contribution in [2.45, 2.75) is 39.9 Å². The summed E-state index contributed by atoms with van der Waals surface area (Å²) in [6.07, 6.45) is 5.53. The molecule has 0 saturated heterocycles. The molecule has 0 aromatic carbocycles. The molecular weight excluding hydrogens is 424 g/mol. The summed E-state index contributed by atoms with van der Waals surface area (Å²) >= 11 is 7.33. The van der Waals surface area contributed by atoms with Gasteiger partial charge in [0.2, 0.25) is 11.9 Å². The van der Waals surface area contributed by atoms with Crippen LogP contribution in [-0.2, 0) is 17.9 Å². The number of amides is 1. The van der Waals surface area contributed by atoms with Gasteiger partial charge in [0.25, 0.3) is 0 Å². The Kier molecular flexibility index (Phi) is 5.61. The van der Waals surface area contributed by atoms with Crippen molar-refractivity contribution in [1.29, 1.82) is 0 Å². The standard InChI is InChI=1S/C19H23ClN8OS/c1-10(2)15-17(29)25-14-11(3)24-19(26-16(14)27(15)4)22-5-12-6-23-28(8-12)9-13-7-21-18(20)30-13/h6-8,10,15H,5,9H2,1-4H3,(H,25,29)(H,22,24,26). The Bertz CT molecular complexity index is 1080. The number of halogens is 1. The molecule has 0 aliphatic carbocycles. The van der Waals surface area contributed by atoms with Crippen molar-refractivity contribution in [1.82, 2.24) is 24.7 Å². The molecule has 1 unspecified atom stereocenters. The van der Waals surface area contributed by atoms with E-state index in [1.165, 1.54) is 11.3 Å². The molecule has 4 rings (SSSR count). The van der Waals surface area contributed by atoms with Gasteiger partial charge in [-0.3, -0.25) is 9.48 Å². The monoisotopic (exact) mass is 446 g/mol. The Morgan fingerprint density at radius 1 is 1.33 bits per heavy atom. The molecule has 1 amide bonds. The largest absolute Gasteiger partial charge is 0.350 e. The maximum absolute atomic E-state index is 12.4. The third kappa shape index (κ3) is 4.10. The van der Waals surface area contributed by atoms with Gasteiger partial charge in [-0.25, -0.2) is 9.97 Å². The number of fused-ring (bicyclic) bond motifs is 1. The van der Waals surface area contributed by atoms with Crippen molar-refractivity contribution in [3.8, 4) is 0 Å². The molecular formula is C19H23ClN8OS. The molecule has 158 valence electrons. The Morgan fingerprint density at radius 3 is 2.83 bits per heavy atom.